The van der Waals surface area contributed by atoms with E-state index in [1.54, 1.807) is 0 Å². The zero-order valence-electron chi connectivity index (χ0n) is 10.7. The Bertz CT molecular complexity index is 593. The average molecular weight is 200 g/mol. The topological polar surface area (TPSA) is 0 Å². The molecule has 0 spiro atoms. The predicted octanol–water partition coefficient (Wildman–Crippen LogP) is 1.42. The van der Waals surface area contributed by atoms with Gasteiger partial charge in [0.05, 0.1) is 0 Å². The molecule has 1 heteroatoms. The largest absolute Gasteiger partial charge is 1.00 e. The van der Waals surface area contributed by atoms with Crippen LogP contribution in [0.25, 0.3) is 21.5 Å². The summed E-state index contributed by atoms with van der Waals surface area (Å²) >= 11 is 0. The molecule has 0 aliphatic carbocycles. The van der Waals surface area contributed by atoms with E-state index in [0.717, 1.165) is 0 Å². The summed E-state index contributed by atoms with van der Waals surface area (Å²) in [5.74, 6) is 0. The molecule has 0 saturated carbocycles. The van der Waals surface area contributed by atoms with Crippen LogP contribution in [0.2, 0.25) is 0 Å². The Hall–Kier alpha value is -1.22. The quantitative estimate of drug-likeness (QED) is 0.380. The summed E-state index contributed by atoms with van der Waals surface area (Å²) in [6.07, 6.45) is 0. The summed E-state index contributed by atoms with van der Waals surface area (Å²) in [7, 11) is 0. The average Bonchev–Trinajstić information content (AvgIpc) is 2.30. The fraction of sp³-hybridized carbons (Fsp3) is 0.0667. The Balaban J connectivity index is 0.000000722. The van der Waals surface area contributed by atoms with E-state index in [2.05, 4.69) is 61.5 Å². The maximum Gasteiger partial charge on any atom is 1.00 e. The van der Waals surface area contributed by atoms with Gasteiger partial charge >= 0.3 is 18.9 Å². The van der Waals surface area contributed by atoms with E-state index in [1.807, 2.05) is 0 Å². The van der Waals surface area contributed by atoms with E-state index in [0.29, 0.717) is 0 Å². The molecule has 0 heterocycles. The minimum atomic E-state index is 0. The Labute approximate surface area is 109 Å². The van der Waals surface area contributed by atoms with Crippen LogP contribution in [0.1, 0.15) is 6.99 Å². The van der Waals surface area contributed by atoms with Gasteiger partial charge in [-0.05, 0) is 40.1 Å². The van der Waals surface area contributed by atoms with Gasteiger partial charge in [0, 0.05) is 0 Å². The molecule has 0 aromatic heterocycles. The molecular weight excluding hydrogens is 187 g/mol. The number of aryl methyl sites for hydroxylation is 1. The zero-order chi connectivity index (χ0) is 10.3. The Morgan fingerprint density at radius 2 is 1.19 bits per heavy atom. The van der Waals surface area contributed by atoms with Crippen molar-refractivity contribution in [3.63, 3.8) is 0 Å². The van der Waals surface area contributed by atoms with E-state index in [4.69, 9.17) is 0 Å². The van der Waals surface area contributed by atoms with Crippen LogP contribution in [0.4, 0.5) is 0 Å². The Kier molecular flexibility index (Phi) is 3.05. The summed E-state index contributed by atoms with van der Waals surface area (Å²) in [4.78, 5) is 0. The molecule has 0 aliphatic heterocycles. The molecule has 0 radical (unpaired) electrons. The Morgan fingerprint density at radius 3 is 1.69 bits per heavy atom. The maximum absolute atomic E-state index is 2.26. The van der Waals surface area contributed by atoms with Crippen molar-refractivity contribution in [1.29, 1.82) is 0 Å². The smallest absolute Gasteiger partial charge is 1.00 e. The van der Waals surface area contributed by atoms with Gasteiger partial charge in [-0.15, -0.1) is 0 Å². The minimum Gasteiger partial charge on any atom is -1.00 e. The molecule has 0 bridgehead atoms. The van der Waals surface area contributed by atoms with Crippen LogP contribution >= 0.6 is 0 Å². The second-order valence-corrected chi connectivity index (χ2v) is 3.94. The number of fused-ring (bicyclic) bond motifs is 2. The minimum absolute atomic E-state index is 0. The molecule has 0 unspecified atom stereocenters. The van der Waals surface area contributed by atoms with E-state index in [1.165, 1.54) is 27.1 Å². The van der Waals surface area contributed by atoms with Gasteiger partial charge in [-0.1, -0.05) is 48.5 Å². The summed E-state index contributed by atoms with van der Waals surface area (Å²) < 4.78 is 0. The molecule has 0 fully saturated rings. The molecule has 0 N–H and O–H groups in total. The summed E-state index contributed by atoms with van der Waals surface area (Å²) in [6.45, 7) is 2.20. The second-order valence-electron chi connectivity index (χ2n) is 3.94. The van der Waals surface area contributed by atoms with Crippen molar-refractivity contribution in [2.75, 3.05) is 0 Å². The molecule has 0 atom stereocenters. The van der Waals surface area contributed by atoms with E-state index < -0.39 is 0 Å². The van der Waals surface area contributed by atoms with Gasteiger partial charge in [-0.25, -0.2) is 0 Å². The molecular formula is C15H13Li. The molecule has 0 saturated heterocycles. The first-order chi connectivity index (χ1) is 7.36. The summed E-state index contributed by atoms with van der Waals surface area (Å²) in [5.41, 5.74) is 1.38. The summed E-state index contributed by atoms with van der Waals surface area (Å²) in [5, 5.41) is 5.37. The molecule has 0 amide bonds. The van der Waals surface area contributed by atoms with Crippen molar-refractivity contribution in [2.24, 2.45) is 0 Å². The zero-order valence-corrected chi connectivity index (χ0v) is 9.70. The van der Waals surface area contributed by atoms with Crippen molar-refractivity contribution in [2.45, 2.75) is 6.92 Å². The summed E-state index contributed by atoms with van der Waals surface area (Å²) in [6, 6.07) is 19.4. The molecule has 0 aliphatic rings. The first-order valence-corrected chi connectivity index (χ1v) is 5.23. The van der Waals surface area contributed by atoms with Crippen molar-refractivity contribution >= 4 is 21.5 Å². The SMILES string of the molecule is Cc1c2ccccc2cc2ccccc12.[H-].[Li+]. The third-order valence-electron chi connectivity index (χ3n) is 3.04. The van der Waals surface area contributed by atoms with Crippen molar-refractivity contribution < 1.29 is 20.3 Å². The third kappa shape index (κ3) is 1.65. The first kappa shape index (κ1) is 11.3. The molecule has 3 rings (SSSR count). The Morgan fingerprint density at radius 1 is 0.750 bits per heavy atom. The van der Waals surface area contributed by atoms with Gasteiger partial charge < -0.3 is 1.43 Å². The number of benzene rings is 3. The van der Waals surface area contributed by atoms with Crippen molar-refractivity contribution in [3.05, 3.63) is 60.2 Å². The second kappa shape index (κ2) is 4.34. The van der Waals surface area contributed by atoms with Crippen LogP contribution in [0.15, 0.2) is 54.6 Å². The van der Waals surface area contributed by atoms with Gasteiger partial charge in [-0.3, -0.25) is 0 Å². The van der Waals surface area contributed by atoms with E-state index >= 15 is 0 Å². The van der Waals surface area contributed by atoms with Gasteiger partial charge in [0.2, 0.25) is 0 Å². The predicted molar refractivity (Wildman–Crippen MR) is 67.3 cm³/mol. The van der Waals surface area contributed by atoms with Crippen LogP contribution in [0.5, 0.6) is 0 Å². The fourth-order valence-corrected chi connectivity index (χ4v) is 2.24. The van der Waals surface area contributed by atoms with Crippen LogP contribution in [-0.2, 0) is 0 Å². The first-order valence-electron chi connectivity index (χ1n) is 5.23. The van der Waals surface area contributed by atoms with Gasteiger partial charge in [-0.2, -0.15) is 0 Å². The molecule has 16 heavy (non-hydrogen) atoms. The number of rotatable bonds is 0. The van der Waals surface area contributed by atoms with Crippen molar-refractivity contribution in [3.8, 4) is 0 Å². The normalized spacial score (nSPS) is 10.3. The maximum atomic E-state index is 2.26. The molecule has 3 aromatic rings. The van der Waals surface area contributed by atoms with E-state index in [9.17, 15) is 0 Å². The van der Waals surface area contributed by atoms with Gasteiger partial charge in [0.15, 0.2) is 0 Å². The third-order valence-corrected chi connectivity index (χ3v) is 3.04. The monoisotopic (exact) mass is 200 g/mol. The van der Waals surface area contributed by atoms with Gasteiger partial charge in [0.25, 0.3) is 0 Å². The molecule has 74 valence electrons. The van der Waals surface area contributed by atoms with Crippen molar-refractivity contribution in [1.82, 2.24) is 0 Å². The standard InChI is InChI=1S/C15H12.Li.H/c1-11-14-8-4-2-6-12(14)10-13-7-3-5-9-15(11)13;;/h2-10H,1H3;;/q;+1;-1. The van der Waals surface area contributed by atoms with E-state index in [-0.39, 0.29) is 20.3 Å². The number of hydrogen-bond acceptors (Lipinski definition) is 0. The van der Waals surface area contributed by atoms with Crippen LogP contribution in [0, 0.1) is 6.92 Å². The molecule has 0 nitrogen and oxygen atoms in total. The van der Waals surface area contributed by atoms with Crippen LogP contribution in [0.3, 0.4) is 0 Å². The fourth-order valence-electron chi connectivity index (χ4n) is 2.24. The molecule has 3 aromatic carbocycles. The number of hydrogen-bond donors (Lipinski definition) is 0. The van der Waals surface area contributed by atoms with Crippen LogP contribution < -0.4 is 18.9 Å². The van der Waals surface area contributed by atoms with Gasteiger partial charge in [0.1, 0.15) is 0 Å². The van der Waals surface area contributed by atoms with Crippen LogP contribution in [-0.4, -0.2) is 0 Å².